The van der Waals surface area contributed by atoms with Gasteiger partial charge in [0.1, 0.15) is 11.3 Å². The molecule has 0 bridgehead atoms. The van der Waals surface area contributed by atoms with Crippen molar-refractivity contribution in [2.75, 3.05) is 13.1 Å². The van der Waals surface area contributed by atoms with Crippen molar-refractivity contribution in [2.24, 2.45) is 5.92 Å². The summed E-state index contributed by atoms with van der Waals surface area (Å²) >= 11 is 0. The Morgan fingerprint density at radius 1 is 1.39 bits per heavy atom. The molecule has 0 aliphatic carbocycles. The summed E-state index contributed by atoms with van der Waals surface area (Å²) in [4.78, 5) is 9.18. The fourth-order valence-electron chi connectivity index (χ4n) is 2.79. The molecule has 0 saturated carbocycles. The molecule has 0 unspecified atom stereocenters. The van der Waals surface area contributed by atoms with Crippen LogP contribution in [-0.2, 0) is 13.0 Å². The Morgan fingerprint density at radius 3 is 3.00 bits per heavy atom. The third-order valence-corrected chi connectivity index (χ3v) is 3.80. The Bertz CT molecular complexity index is 526. The standard InChI is InChI=1S/C14H20N4/c1-2-13-17-12-4-3-7-16-14(12)18(13)10-11-5-8-15-9-6-11/h3-4,7,11,15H,2,5-6,8-10H2,1H3. The highest BCUT2D eigenvalue weighted by molar-refractivity contribution is 5.71. The van der Waals surface area contributed by atoms with Crippen molar-refractivity contribution in [2.45, 2.75) is 32.7 Å². The summed E-state index contributed by atoms with van der Waals surface area (Å²) in [5.74, 6) is 1.93. The monoisotopic (exact) mass is 244 g/mol. The normalized spacial score (nSPS) is 17.4. The van der Waals surface area contributed by atoms with E-state index in [1.165, 1.54) is 18.7 Å². The topological polar surface area (TPSA) is 42.7 Å². The number of hydrogen-bond donors (Lipinski definition) is 1. The number of nitrogens with one attached hydrogen (secondary N) is 1. The minimum Gasteiger partial charge on any atom is -0.317 e. The van der Waals surface area contributed by atoms with Crippen LogP contribution in [0.3, 0.4) is 0 Å². The summed E-state index contributed by atoms with van der Waals surface area (Å²) < 4.78 is 2.32. The van der Waals surface area contributed by atoms with Gasteiger partial charge in [0.05, 0.1) is 0 Å². The first-order valence-electron chi connectivity index (χ1n) is 6.89. The quantitative estimate of drug-likeness (QED) is 0.898. The van der Waals surface area contributed by atoms with E-state index in [0.717, 1.165) is 43.1 Å². The lowest BCUT2D eigenvalue weighted by Crippen LogP contribution is -2.30. The minimum absolute atomic E-state index is 0.760. The van der Waals surface area contributed by atoms with E-state index in [1.54, 1.807) is 0 Å². The first kappa shape index (κ1) is 11.7. The number of aryl methyl sites for hydroxylation is 1. The summed E-state index contributed by atoms with van der Waals surface area (Å²) in [7, 11) is 0. The maximum Gasteiger partial charge on any atom is 0.159 e. The van der Waals surface area contributed by atoms with Crippen LogP contribution >= 0.6 is 0 Å². The Hall–Kier alpha value is -1.42. The molecule has 3 rings (SSSR count). The van der Waals surface area contributed by atoms with Gasteiger partial charge < -0.3 is 9.88 Å². The number of fused-ring (bicyclic) bond motifs is 1. The fraction of sp³-hybridized carbons (Fsp3) is 0.571. The molecule has 0 spiro atoms. The number of hydrogen-bond acceptors (Lipinski definition) is 3. The number of pyridine rings is 1. The van der Waals surface area contributed by atoms with Crippen molar-refractivity contribution in [3.8, 4) is 0 Å². The summed E-state index contributed by atoms with van der Waals surface area (Å²) in [5.41, 5.74) is 2.08. The Balaban J connectivity index is 1.93. The van der Waals surface area contributed by atoms with E-state index >= 15 is 0 Å². The number of piperidine rings is 1. The highest BCUT2D eigenvalue weighted by atomic mass is 15.1. The van der Waals surface area contributed by atoms with Crippen molar-refractivity contribution < 1.29 is 0 Å². The van der Waals surface area contributed by atoms with Gasteiger partial charge in [0.15, 0.2) is 5.65 Å². The maximum atomic E-state index is 4.68. The third kappa shape index (κ3) is 2.12. The second kappa shape index (κ2) is 5.06. The van der Waals surface area contributed by atoms with Crippen LogP contribution in [0.2, 0.25) is 0 Å². The lowest BCUT2D eigenvalue weighted by Gasteiger charge is -2.23. The van der Waals surface area contributed by atoms with Crippen LogP contribution in [0.4, 0.5) is 0 Å². The van der Waals surface area contributed by atoms with Crippen LogP contribution in [0, 0.1) is 5.92 Å². The van der Waals surface area contributed by atoms with Crippen molar-refractivity contribution >= 4 is 11.2 Å². The molecule has 4 heteroatoms. The van der Waals surface area contributed by atoms with Crippen molar-refractivity contribution in [1.29, 1.82) is 0 Å². The zero-order valence-electron chi connectivity index (χ0n) is 10.9. The molecule has 2 aromatic heterocycles. The first-order chi connectivity index (χ1) is 8.88. The summed E-state index contributed by atoms with van der Waals surface area (Å²) in [6.45, 7) is 5.52. The third-order valence-electron chi connectivity index (χ3n) is 3.80. The fourth-order valence-corrected chi connectivity index (χ4v) is 2.79. The lowest BCUT2D eigenvalue weighted by molar-refractivity contribution is 0.332. The van der Waals surface area contributed by atoms with Crippen LogP contribution in [0.25, 0.3) is 11.2 Å². The molecule has 96 valence electrons. The molecular formula is C14H20N4. The van der Waals surface area contributed by atoms with Gasteiger partial charge in [0, 0.05) is 19.2 Å². The van der Waals surface area contributed by atoms with Crippen molar-refractivity contribution in [3.05, 3.63) is 24.2 Å². The van der Waals surface area contributed by atoms with Crippen LogP contribution in [0.15, 0.2) is 18.3 Å². The predicted molar refractivity (Wildman–Crippen MR) is 72.5 cm³/mol. The lowest BCUT2D eigenvalue weighted by atomic mass is 9.98. The molecule has 1 aliphatic heterocycles. The highest BCUT2D eigenvalue weighted by Crippen LogP contribution is 2.20. The van der Waals surface area contributed by atoms with E-state index < -0.39 is 0 Å². The molecule has 2 aromatic rings. The van der Waals surface area contributed by atoms with E-state index in [-0.39, 0.29) is 0 Å². The Kier molecular flexibility index (Phi) is 3.28. The SMILES string of the molecule is CCc1nc2cccnc2n1CC1CCNCC1. The molecule has 1 fully saturated rings. The van der Waals surface area contributed by atoms with Crippen molar-refractivity contribution in [1.82, 2.24) is 19.9 Å². The largest absolute Gasteiger partial charge is 0.317 e. The van der Waals surface area contributed by atoms with Crippen LogP contribution in [0.5, 0.6) is 0 Å². The number of imidazole rings is 1. The van der Waals surface area contributed by atoms with Gasteiger partial charge >= 0.3 is 0 Å². The molecule has 1 N–H and O–H groups in total. The van der Waals surface area contributed by atoms with E-state index in [0.29, 0.717) is 0 Å². The summed E-state index contributed by atoms with van der Waals surface area (Å²) in [6.07, 6.45) is 5.36. The average molecular weight is 244 g/mol. The molecule has 3 heterocycles. The van der Waals surface area contributed by atoms with Crippen LogP contribution in [0.1, 0.15) is 25.6 Å². The van der Waals surface area contributed by atoms with Gasteiger partial charge in [-0.3, -0.25) is 0 Å². The van der Waals surface area contributed by atoms with E-state index in [9.17, 15) is 0 Å². The molecule has 0 radical (unpaired) electrons. The Labute approximate surface area is 107 Å². The van der Waals surface area contributed by atoms with Crippen LogP contribution in [-0.4, -0.2) is 27.6 Å². The van der Waals surface area contributed by atoms with E-state index in [1.807, 2.05) is 12.3 Å². The van der Waals surface area contributed by atoms with Gasteiger partial charge in [-0.05, 0) is 44.0 Å². The van der Waals surface area contributed by atoms with Gasteiger partial charge in [-0.15, -0.1) is 0 Å². The van der Waals surface area contributed by atoms with Gasteiger partial charge in [0.25, 0.3) is 0 Å². The number of nitrogens with zero attached hydrogens (tertiary/aromatic N) is 3. The Morgan fingerprint density at radius 2 is 2.22 bits per heavy atom. The first-order valence-corrected chi connectivity index (χ1v) is 6.89. The van der Waals surface area contributed by atoms with Gasteiger partial charge in [-0.25, -0.2) is 9.97 Å². The molecule has 1 aliphatic rings. The second-order valence-electron chi connectivity index (χ2n) is 5.03. The van der Waals surface area contributed by atoms with Gasteiger partial charge in [-0.2, -0.15) is 0 Å². The smallest absolute Gasteiger partial charge is 0.159 e. The van der Waals surface area contributed by atoms with E-state index in [4.69, 9.17) is 0 Å². The van der Waals surface area contributed by atoms with Gasteiger partial charge in [-0.1, -0.05) is 6.92 Å². The molecule has 0 atom stereocenters. The van der Waals surface area contributed by atoms with E-state index in [2.05, 4.69) is 32.8 Å². The highest BCUT2D eigenvalue weighted by Gasteiger charge is 2.17. The number of rotatable bonds is 3. The number of aromatic nitrogens is 3. The summed E-state index contributed by atoms with van der Waals surface area (Å²) in [6, 6.07) is 4.02. The zero-order chi connectivity index (χ0) is 12.4. The summed E-state index contributed by atoms with van der Waals surface area (Å²) in [5, 5.41) is 3.42. The zero-order valence-corrected chi connectivity index (χ0v) is 10.9. The molecule has 4 nitrogen and oxygen atoms in total. The van der Waals surface area contributed by atoms with Crippen molar-refractivity contribution in [3.63, 3.8) is 0 Å². The minimum atomic E-state index is 0.760. The molecule has 1 saturated heterocycles. The second-order valence-corrected chi connectivity index (χ2v) is 5.03. The maximum absolute atomic E-state index is 4.68. The average Bonchev–Trinajstić information content (AvgIpc) is 2.78. The molecule has 18 heavy (non-hydrogen) atoms. The molecular weight excluding hydrogens is 224 g/mol. The van der Waals surface area contributed by atoms with Crippen LogP contribution < -0.4 is 5.32 Å². The predicted octanol–water partition coefficient (Wildman–Crippen LogP) is 1.99. The molecule has 0 aromatic carbocycles. The van der Waals surface area contributed by atoms with Gasteiger partial charge in [0.2, 0.25) is 0 Å². The molecule has 0 amide bonds.